The first kappa shape index (κ1) is 12.6. The molecule has 0 aliphatic rings. The quantitative estimate of drug-likeness (QED) is 0.846. The molecule has 0 saturated carbocycles. The zero-order valence-electron chi connectivity index (χ0n) is 7.86. The number of benzene rings is 1. The minimum Gasteiger partial charge on any atom is -0.496 e. The molecule has 0 spiro atoms. The van der Waals surface area contributed by atoms with Crippen LogP contribution in [-0.2, 0) is 12.7 Å². The van der Waals surface area contributed by atoms with Crippen molar-refractivity contribution in [1.82, 2.24) is 0 Å². The van der Waals surface area contributed by atoms with Gasteiger partial charge in [0, 0.05) is 15.7 Å². The van der Waals surface area contributed by atoms with Crippen LogP contribution in [0.4, 0.5) is 13.2 Å². The van der Waals surface area contributed by atoms with Crippen molar-refractivity contribution < 1.29 is 17.9 Å². The molecule has 0 fully saturated rings. The Morgan fingerprint density at radius 2 is 2.00 bits per heavy atom. The fraction of sp³-hybridized carbons (Fsp3) is 0.333. The third-order valence-corrected chi connectivity index (χ3v) is 2.87. The van der Waals surface area contributed by atoms with E-state index in [9.17, 15) is 13.2 Å². The smallest absolute Gasteiger partial charge is 0.416 e. The zero-order valence-corrected chi connectivity index (χ0v) is 10.0. The summed E-state index contributed by atoms with van der Waals surface area (Å²) in [4.78, 5) is 0. The highest BCUT2D eigenvalue weighted by Crippen LogP contribution is 2.35. The first-order chi connectivity index (χ1) is 6.90. The van der Waals surface area contributed by atoms with E-state index in [0.717, 1.165) is 12.1 Å². The van der Waals surface area contributed by atoms with Gasteiger partial charge in [0.1, 0.15) is 5.75 Å². The van der Waals surface area contributed by atoms with Crippen molar-refractivity contribution in [3.05, 3.63) is 26.8 Å². The number of halogens is 4. The molecule has 0 aliphatic heterocycles. The highest BCUT2D eigenvalue weighted by molar-refractivity contribution is 14.1. The SMILES string of the molecule is COc1cc(C(F)(F)F)cc(I)c1CN. The molecule has 1 aromatic rings. The third kappa shape index (κ3) is 2.75. The molecule has 2 nitrogen and oxygen atoms in total. The van der Waals surface area contributed by atoms with E-state index in [1.54, 1.807) is 0 Å². The Kier molecular flexibility index (Phi) is 3.82. The topological polar surface area (TPSA) is 35.2 Å². The normalized spacial score (nSPS) is 11.6. The second-order valence-electron chi connectivity index (χ2n) is 2.84. The first-order valence-corrected chi connectivity index (χ1v) is 5.11. The molecule has 0 aromatic heterocycles. The second kappa shape index (κ2) is 4.56. The van der Waals surface area contributed by atoms with Gasteiger partial charge in [0.2, 0.25) is 0 Å². The number of hydrogen-bond acceptors (Lipinski definition) is 2. The fourth-order valence-electron chi connectivity index (χ4n) is 1.16. The van der Waals surface area contributed by atoms with Crippen molar-refractivity contribution in [2.45, 2.75) is 12.7 Å². The summed E-state index contributed by atoms with van der Waals surface area (Å²) in [5.74, 6) is 0.178. The Hall–Kier alpha value is -0.500. The second-order valence-corrected chi connectivity index (χ2v) is 4.00. The van der Waals surface area contributed by atoms with Crippen molar-refractivity contribution in [3.8, 4) is 5.75 Å². The van der Waals surface area contributed by atoms with E-state index < -0.39 is 11.7 Å². The van der Waals surface area contributed by atoms with Crippen LogP contribution in [0, 0.1) is 3.57 Å². The van der Waals surface area contributed by atoms with E-state index in [-0.39, 0.29) is 12.3 Å². The molecule has 6 heteroatoms. The molecule has 15 heavy (non-hydrogen) atoms. The van der Waals surface area contributed by atoms with Crippen LogP contribution in [0.2, 0.25) is 0 Å². The van der Waals surface area contributed by atoms with Gasteiger partial charge in [-0.25, -0.2) is 0 Å². The van der Waals surface area contributed by atoms with E-state index in [0.29, 0.717) is 9.13 Å². The number of ether oxygens (including phenoxy) is 1. The molecule has 0 radical (unpaired) electrons. The van der Waals surface area contributed by atoms with Gasteiger partial charge in [0.05, 0.1) is 12.7 Å². The van der Waals surface area contributed by atoms with Crippen LogP contribution in [-0.4, -0.2) is 7.11 Å². The van der Waals surface area contributed by atoms with Crippen LogP contribution in [0.25, 0.3) is 0 Å². The lowest BCUT2D eigenvalue weighted by molar-refractivity contribution is -0.137. The van der Waals surface area contributed by atoms with E-state index in [1.165, 1.54) is 7.11 Å². The first-order valence-electron chi connectivity index (χ1n) is 4.03. The maximum Gasteiger partial charge on any atom is 0.416 e. The van der Waals surface area contributed by atoms with Crippen LogP contribution in [0.1, 0.15) is 11.1 Å². The van der Waals surface area contributed by atoms with Crippen LogP contribution >= 0.6 is 22.6 Å². The van der Waals surface area contributed by atoms with Gasteiger partial charge in [0.15, 0.2) is 0 Å². The summed E-state index contributed by atoms with van der Waals surface area (Å²) in [5, 5.41) is 0. The van der Waals surface area contributed by atoms with E-state index in [1.807, 2.05) is 22.6 Å². The Bertz CT molecular complexity index is 365. The Labute approximate surface area is 98.7 Å². The Morgan fingerprint density at radius 1 is 1.40 bits per heavy atom. The number of alkyl halides is 3. The van der Waals surface area contributed by atoms with E-state index >= 15 is 0 Å². The third-order valence-electron chi connectivity index (χ3n) is 1.91. The Morgan fingerprint density at radius 3 is 2.40 bits per heavy atom. The molecule has 0 amide bonds. The standard InChI is InChI=1S/C9H9F3INO/c1-15-8-3-5(9(10,11)12)2-7(13)6(8)4-14/h2-3H,4,14H2,1H3. The predicted molar refractivity (Wildman–Crippen MR) is 58.6 cm³/mol. The van der Waals surface area contributed by atoms with E-state index in [4.69, 9.17) is 10.5 Å². The molecule has 0 saturated heterocycles. The summed E-state index contributed by atoms with van der Waals surface area (Å²) in [6, 6.07) is 2.02. The predicted octanol–water partition coefficient (Wildman–Crippen LogP) is 2.78. The summed E-state index contributed by atoms with van der Waals surface area (Å²) in [7, 11) is 1.32. The van der Waals surface area contributed by atoms with Gasteiger partial charge >= 0.3 is 6.18 Å². The van der Waals surface area contributed by atoms with Gasteiger partial charge in [-0.3, -0.25) is 0 Å². The molecule has 1 rings (SSSR count). The van der Waals surface area contributed by atoms with Gasteiger partial charge in [-0.05, 0) is 34.7 Å². The van der Waals surface area contributed by atoms with Crippen LogP contribution < -0.4 is 10.5 Å². The maximum atomic E-state index is 12.4. The lowest BCUT2D eigenvalue weighted by Crippen LogP contribution is -2.09. The molecule has 0 aliphatic carbocycles. The molecule has 1 aromatic carbocycles. The summed E-state index contributed by atoms with van der Waals surface area (Å²) < 4.78 is 42.6. The van der Waals surface area contributed by atoms with Crippen molar-refractivity contribution in [1.29, 1.82) is 0 Å². The molecule has 0 bridgehead atoms. The molecule has 0 unspecified atom stereocenters. The van der Waals surface area contributed by atoms with Gasteiger partial charge in [-0.15, -0.1) is 0 Å². The largest absolute Gasteiger partial charge is 0.496 e. The van der Waals surface area contributed by atoms with Crippen LogP contribution in [0.3, 0.4) is 0 Å². The number of rotatable bonds is 2. The average Bonchev–Trinajstić information content (AvgIpc) is 2.15. The van der Waals surface area contributed by atoms with Crippen molar-refractivity contribution in [2.24, 2.45) is 5.73 Å². The molecule has 2 N–H and O–H groups in total. The van der Waals surface area contributed by atoms with Gasteiger partial charge < -0.3 is 10.5 Å². The molecular weight excluding hydrogens is 322 g/mol. The van der Waals surface area contributed by atoms with Gasteiger partial charge in [-0.2, -0.15) is 13.2 Å². The van der Waals surface area contributed by atoms with Gasteiger partial charge in [-0.1, -0.05) is 0 Å². The van der Waals surface area contributed by atoms with Crippen molar-refractivity contribution in [2.75, 3.05) is 7.11 Å². The minimum atomic E-state index is -4.36. The molecule has 0 heterocycles. The van der Waals surface area contributed by atoms with E-state index in [2.05, 4.69) is 0 Å². The zero-order chi connectivity index (χ0) is 11.6. The lowest BCUT2D eigenvalue weighted by Gasteiger charge is -2.13. The molecular formula is C9H9F3INO. The average molecular weight is 331 g/mol. The number of nitrogens with two attached hydrogens (primary N) is 1. The van der Waals surface area contributed by atoms with Gasteiger partial charge in [0.25, 0.3) is 0 Å². The highest BCUT2D eigenvalue weighted by atomic mass is 127. The number of methoxy groups -OCH3 is 1. The van der Waals surface area contributed by atoms with Crippen molar-refractivity contribution >= 4 is 22.6 Å². The monoisotopic (exact) mass is 331 g/mol. The molecule has 84 valence electrons. The van der Waals surface area contributed by atoms with Crippen molar-refractivity contribution in [3.63, 3.8) is 0 Å². The lowest BCUT2D eigenvalue weighted by atomic mass is 10.1. The summed E-state index contributed by atoms with van der Waals surface area (Å²) >= 11 is 1.81. The highest BCUT2D eigenvalue weighted by Gasteiger charge is 2.32. The minimum absolute atomic E-state index is 0.152. The van der Waals surface area contributed by atoms with Crippen LogP contribution in [0.15, 0.2) is 12.1 Å². The van der Waals surface area contributed by atoms with Crippen LogP contribution in [0.5, 0.6) is 5.75 Å². The fourth-order valence-corrected chi connectivity index (χ4v) is 1.98. The summed E-state index contributed by atoms with van der Waals surface area (Å²) in [6.45, 7) is 0.152. The summed E-state index contributed by atoms with van der Waals surface area (Å²) in [5.41, 5.74) is 5.29. The summed E-state index contributed by atoms with van der Waals surface area (Å²) in [6.07, 6.45) is -4.36. The Balaban J connectivity index is 3.32. The molecule has 0 atom stereocenters. The number of hydrogen-bond donors (Lipinski definition) is 1. The maximum absolute atomic E-state index is 12.4.